The first-order valence-corrected chi connectivity index (χ1v) is 45.7. The average Bonchev–Trinajstić information content (AvgIpc) is 0.789. The van der Waals surface area contributed by atoms with E-state index < -0.39 is 86.8 Å². The average molecular weight is 1490 g/mol. The zero-order valence-electron chi connectivity index (χ0n) is 68.5. The van der Waals surface area contributed by atoms with Gasteiger partial charge in [0.05, 0.1) is 32.0 Å². The van der Waals surface area contributed by atoms with Crippen molar-refractivity contribution in [3.63, 3.8) is 0 Å². The molecule has 12 atom stereocenters. The highest BCUT2D eigenvalue weighted by atomic mass is 16.7. The van der Waals surface area contributed by atoms with Crippen molar-refractivity contribution in [3.05, 3.63) is 36.5 Å². The number of unbranched alkanes of at least 4 members (excludes halogenated alkanes) is 60. The van der Waals surface area contributed by atoms with E-state index in [-0.39, 0.29) is 12.5 Å². The molecule has 0 spiro atoms. The number of amides is 1. The number of aliphatic hydroxyl groups is 8. The molecule has 2 aliphatic heterocycles. The molecule has 14 nitrogen and oxygen atoms in total. The molecule has 1 amide bonds. The van der Waals surface area contributed by atoms with E-state index in [1.807, 2.05) is 0 Å². The van der Waals surface area contributed by atoms with Gasteiger partial charge in [0.15, 0.2) is 12.6 Å². The fourth-order valence-electron chi connectivity index (χ4n) is 15.4. The third-order valence-electron chi connectivity index (χ3n) is 22.6. The summed E-state index contributed by atoms with van der Waals surface area (Å²) < 4.78 is 23.0. The quantitative estimate of drug-likeness (QED) is 0.0204. The van der Waals surface area contributed by atoms with Crippen LogP contribution in [0.1, 0.15) is 444 Å². The monoisotopic (exact) mass is 1490 g/mol. The Balaban J connectivity index is 1.54. The second-order valence-electron chi connectivity index (χ2n) is 32.4. The fourth-order valence-corrected chi connectivity index (χ4v) is 15.4. The van der Waals surface area contributed by atoms with Gasteiger partial charge in [0.1, 0.15) is 48.8 Å². The molecular formula is C91H173NO13. The van der Waals surface area contributed by atoms with Crippen LogP contribution in [0.15, 0.2) is 36.5 Å². The van der Waals surface area contributed by atoms with Crippen LogP contribution in [0.4, 0.5) is 0 Å². The third kappa shape index (κ3) is 57.0. The lowest BCUT2D eigenvalue weighted by Crippen LogP contribution is -2.65. The maximum Gasteiger partial charge on any atom is 0.220 e. The highest BCUT2D eigenvalue weighted by Gasteiger charge is 2.51. The summed E-state index contributed by atoms with van der Waals surface area (Å²) in [7, 11) is 0. The standard InChI is InChI=1S/C91H173NO13/c1-3-5-7-9-11-13-15-17-19-21-23-25-27-29-31-33-35-37-38-39-40-41-42-43-45-47-49-51-53-55-57-59-61-63-65-67-69-71-73-75-83(96)92-79(78-102-90-88(101)86(99)89(82(77-94)104-90)105-91-87(100)85(98)84(97)81(76-93)103-91)80(95)74-72-70-68-66-64-62-60-58-56-54-52-50-48-46-44-36-34-32-30-28-26-24-22-20-18-16-14-12-10-8-6-4-2/h15,17,21,23,27,29,79-82,84-91,93-95,97-101H,3-14,16,18-20,22,24-26,28,30-78H2,1-2H3,(H,92,96)/b17-15-,23-21-,29-27-. The second-order valence-corrected chi connectivity index (χ2v) is 32.4. The maximum absolute atomic E-state index is 13.4. The lowest BCUT2D eigenvalue weighted by atomic mass is 9.97. The molecule has 0 aromatic heterocycles. The van der Waals surface area contributed by atoms with Crippen LogP contribution in [0.3, 0.4) is 0 Å². The van der Waals surface area contributed by atoms with Crippen LogP contribution < -0.4 is 5.32 Å². The van der Waals surface area contributed by atoms with Gasteiger partial charge < -0.3 is 65.1 Å². The van der Waals surface area contributed by atoms with Crippen molar-refractivity contribution in [1.29, 1.82) is 0 Å². The Labute approximate surface area is 646 Å². The Bertz CT molecular complexity index is 1900. The summed E-state index contributed by atoms with van der Waals surface area (Å²) in [4.78, 5) is 13.4. The number of aliphatic hydroxyl groups excluding tert-OH is 8. The number of carbonyl (C=O) groups is 1. The lowest BCUT2D eigenvalue weighted by Gasteiger charge is -2.46. The summed E-state index contributed by atoms with van der Waals surface area (Å²) >= 11 is 0. The van der Waals surface area contributed by atoms with Gasteiger partial charge in [-0.15, -0.1) is 0 Å². The fraction of sp³-hybridized carbons (Fsp3) is 0.923. The number of rotatable bonds is 79. The van der Waals surface area contributed by atoms with E-state index in [2.05, 4.69) is 55.6 Å². The summed E-state index contributed by atoms with van der Waals surface area (Å²) in [6.45, 7) is 2.93. The van der Waals surface area contributed by atoms with E-state index in [0.29, 0.717) is 12.8 Å². The number of nitrogens with one attached hydrogen (secondary N) is 1. The smallest absolute Gasteiger partial charge is 0.220 e. The highest BCUT2D eigenvalue weighted by Crippen LogP contribution is 2.31. The summed E-state index contributed by atoms with van der Waals surface area (Å²) in [5.41, 5.74) is 0. The minimum Gasteiger partial charge on any atom is -0.394 e. The maximum atomic E-state index is 13.4. The first-order valence-electron chi connectivity index (χ1n) is 45.7. The van der Waals surface area contributed by atoms with Gasteiger partial charge in [0.2, 0.25) is 5.91 Å². The Morgan fingerprint density at radius 3 is 0.962 bits per heavy atom. The largest absolute Gasteiger partial charge is 0.394 e. The van der Waals surface area contributed by atoms with E-state index in [1.165, 1.54) is 353 Å². The van der Waals surface area contributed by atoms with Gasteiger partial charge in [-0.25, -0.2) is 0 Å². The highest BCUT2D eigenvalue weighted by molar-refractivity contribution is 5.76. The number of allylic oxidation sites excluding steroid dienone is 6. The molecule has 9 N–H and O–H groups in total. The van der Waals surface area contributed by atoms with Gasteiger partial charge in [0, 0.05) is 6.42 Å². The van der Waals surface area contributed by atoms with Gasteiger partial charge in [-0.05, 0) is 51.4 Å². The normalized spacial score (nSPS) is 21.5. The van der Waals surface area contributed by atoms with Crippen LogP contribution in [0.5, 0.6) is 0 Å². The summed E-state index contributed by atoms with van der Waals surface area (Å²) in [5.74, 6) is -0.196. The minimum atomic E-state index is -1.78. The van der Waals surface area contributed by atoms with Crippen LogP contribution in [-0.2, 0) is 23.7 Å². The molecule has 0 aliphatic carbocycles. The molecule has 2 rings (SSSR count). The SMILES string of the molecule is CCCCCCC/C=C\C/C=C\C/C=C\CCCCCCCCCCCCCCCCCCCCCCCCCCC(=O)NC(COC1OC(CO)C(OC2OC(CO)C(O)C(O)C2O)C(O)C1O)C(O)CCCCCCCCCCCCCCCCCCCCCCCCCCCCCCCCCC. The van der Waals surface area contributed by atoms with Crippen molar-refractivity contribution >= 4 is 5.91 Å². The molecule has 2 heterocycles. The summed E-state index contributed by atoms with van der Waals surface area (Å²) in [5, 5.41) is 88.1. The molecule has 0 aromatic carbocycles. The predicted octanol–water partition coefficient (Wildman–Crippen LogP) is 22.3. The summed E-state index contributed by atoms with van der Waals surface area (Å²) in [6, 6.07) is -0.829. The van der Waals surface area contributed by atoms with Gasteiger partial charge in [-0.3, -0.25) is 4.79 Å². The molecule has 2 aliphatic rings. The molecule has 0 saturated carbocycles. The van der Waals surface area contributed by atoms with Gasteiger partial charge in [0.25, 0.3) is 0 Å². The van der Waals surface area contributed by atoms with Crippen LogP contribution >= 0.6 is 0 Å². The van der Waals surface area contributed by atoms with E-state index in [1.54, 1.807) is 0 Å². The molecule has 105 heavy (non-hydrogen) atoms. The lowest BCUT2D eigenvalue weighted by molar-refractivity contribution is -0.359. The zero-order chi connectivity index (χ0) is 75.8. The van der Waals surface area contributed by atoms with Gasteiger partial charge >= 0.3 is 0 Å². The minimum absolute atomic E-state index is 0.196. The van der Waals surface area contributed by atoms with E-state index >= 15 is 0 Å². The van der Waals surface area contributed by atoms with Crippen molar-refractivity contribution in [2.24, 2.45) is 0 Å². The molecule has 14 heteroatoms. The van der Waals surface area contributed by atoms with Crippen LogP contribution in [0.25, 0.3) is 0 Å². The van der Waals surface area contributed by atoms with Crippen molar-refractivity contribution < 1.29 is 64.6 Å². The van der Waals surface area contributed by atoms with Crippen LogP contribution in [0.2, 0.25) is 0 Å². The second kappa shape index (κ2) is 74.9. The summed E-state index contributed by atoms with van der Waals surface area (Å²) in [6.07, 6.45) is 83.7. The Kier molecular flexibility index (Phi) is 70.8. The molecule has 0 radical (unpaired) electrons. The number of hydrogen-bond acceptors (Lipinski definition) is 13. The van der Waals surface area contributed by atoms with Crippen molar-refractivity contribution in [2.75, 3.05) is 19.8 Å². The number of hydrogen-bond donors (Lipinski definition) is 9. The first kappa shape index (κ1) is 99.3. The zero-order valence-corrected chi connectivity index (χ0v) is 68.5. The van der Waals surface area contributed by atoms with Gasteiger partial charge in [-0.1, -0.05) is 423 Å². The number of carbonyl (C=O) groups excluding carboxylic acids is 1. The molecule has 12 unspecified atom stereocenters. The molecule has 0 bridgehead atoms. The molecule has 2 saturated heterocycles. The topological polar surface area (TPSA) is 228 Å². The van der Waals surface area contributed by atoms with E-state index in [9.17, 15) is 45.6 Å². The van der Waals surface area contributed by atoms with Crippen LogP contribution in [0, 0.1) is 0 Å². The van der Waals surface area contributed by atoms with Gasteiger partial charge in [-0.2, -0.15) is 0 Å². The molecule has 0 aromatic rings. The molecular weight excluding hydrogens is 1310 g/mol. The Hall–Kier alpha value is -1.79. The van der Waals surface area contributed by atoms with Crippen molar-refractivity contribution in [2.45, 2.75) is 518 Å². The van der Waals surface area contributed by atoms with E-state index in [0.717, 1.165) is 64.2 Å². The molecule has 620 valence electrons. The van der Waals surface area contributed by atoms with Crippen molar-refractivity contribution in [3.8, 4) is 0 Å². The first-order chi connectivity index (χ1) is 51.6. The predicted molar refractivity (Wildman–Crippen MR) is 438 cm³/mol. The van der Waals surface area contributed by atoms with E-state index in [4.69, 9.17) is 18.9 Å². The van der Waals surface area contributed by atoms with Crippen molar-refractivity contribution in [1.82, 2.24) is 5.32 Å². The number of ether oxygens (including phenoxy) is 4. The Morgan fingerprint density at radius 2 is 0.629 bits per heavy atom. The Morgan fingerprint density at radius 1 is 0.343 bits per heavy atom. The third-order valence-corrected chi connectivity index (χ3v) is 22.6. The van der Waals surface area contributed by atoms with Crippen LogP contribution in [-0.4, -0.2) is 140 Å². The molecule has 2 fully saturated rings.